The fraction of sp³-hybridized carbons (Fsp3) is 0.263. The molecule has 4 nitrogen and oxygen atoms in total. The third-order valence-corrected chi connectivity index (χ3v) is 5.85. The van der Waals surface area contributed by atoms with E-state index in [2.05, 4.69) is 34.8 Å². The Hall–Kier alpha value is -2.11. The first kappa shape index (κ1) is 16.7. The molecule has 2 N–H and O–H groups in total. The number of hydrogen-bond donors (Lipinski definition) is 2. The van der Waals surface area contributed by atoms with Gasteiger partial charge in [0.15, 0.2) is 0 Å². The van der Waals surface area contributed by atoms with E-state index in [1.807, 2.05) is 32.2 Å². The van der Waals surface area contributed by atoms with Gasteiger partial charge in [0, 0.05) is 23.6 Å². The Morgan fingerprint density at radius 1 is 1.00 bits per heavy atom. The molecule has 3 aromatic rings. The molecular weight excluding hydrogens is 320 g/mol. The second kappa shape index (κ2) is 6.42. The van der Waals surface area contributed by atoms with Gasteiger partial charge in [0.05, 0.1) is 4.90 Å². The van der Waals surface area contributed by atoms with E-state index in [1.165, 1.54) is 5.56 Å². The molecule has 1 aromatic heterocycles. The van der Waals surface area contributed by atoms with Crippen molar-refractivity contribution in [1.29, 1.82) is 0 Å². The monoisotopic (exact) mass is 342 g/mol. The number of fused-ring (bicyclic) bond motifs is 1. The summed E-state index contributed by atoms with van der Waals surface area (Å²) in [4.78, 5) is 3.59. The molecule has 24 heavy (non-hydrogen) atoms. The lowest BCUT2D eigenvalue weighted by atomic mass is 10.1. The number of hydrogen-bond acceptors (Lipinski definition) is 2. The fourth-order valence-corrected chi connectivity index (χ4v) is 4.25. The maximum Gasteiger partial charge on any atom is 0.240 e. The van der Waals surface area contributed by atoms with Crippen molar-refractivity contribution < 1.29 is 8.42 Å². The number of aromatic amines is 1. The Bertz CT molecular complexity index is 988. The summed E-state index contributed by atoms with van der Waals surface area (Å²) in [6, 6.07) is 11.7. The van der Waals surface area contributed by atoms with E-state index in [-0.39, 0.29) is 0 Å². The van der Waals surface area contributed by atoms with E-state index in [0.29, 0.717) is 17.9 Å². The summed E-state index contributed by atoms with van der Waals surface area (Å²) in [6.07, 6.45) is 2.60. The van der Waals surface area contributed by atoms with Crippen LogP contribution in [-0.2, 0) is 16.4 Å². The lowest BCUT2D eigenvalue weighted by molar-refractivity contribution is 0.581. The van der Waals surface area contributed by atoms with E-state index in [9.17, 15) is 8.42 Å². The maximum absolute atomic E-state index is 12.5. The molecule has 0 unspecified atom stereocenters. The van der Waals surface area contributed by atoms with Crippen LogP contribution in [-0.4, -0.2) is 19.9 Å². The number of benzene rings is 2. The number of nitrogens with one attached hydrogen (secondary N) is 2. The van der Waals surface area contributed by atoms with Crippen molar-refractivity contribution in [2.75, 3.05) is 6.54 Å². The summed E-state index contributed by atoms with van der Waals surface area (Å²) in [7, 11) is -3.49. The van der Waals surface area contributed by atoms with Gasteiger partial charge in [-0.05, 0) is 62.1 Å². The van der Waals surface area contributed by atoms with Gasteiger partial charge < -0.3 is 4.98 Å². The second-order valence-electron chi connectivity index (χ2n) is 6.28. The molecule has 0 saturated heterocycles. The Labute approximate surface area is 143 Å². The standard InChI is InChI=1S/C19H22N2O2S/c1-13-5-7-18-17(10-13)16(12-20-18)8-9-21-24(22,23)19-11-14(2)4-6-15(19)3/h4-7,10-12,20-21H,8-9H2,1-3H3. The van der Waals surface area contributed by atoms with E-state index < -0.39 is 10.0 Å². The van der Waals surface area contributed by atoms with Crippen LogP contribution in [0.5, 0.6) is 0 Å². The topological polar surface area (TPSA) is 62.0 Å². The minimum absolute atomic E-state index is 0.359. The van der Waals surface area contributed by atoms with Crippen LogP contribution in [0.25, 0.3) is 10.9 Å². The molecule has 5 heteroatoms. The molecule has 0 aliphatic rings. The number of rotatable bonds is 5. The summed E-state index contributed by atoms with van der Waals surface area (Å²) >= 11 is 0. The van der Waals surface area contributed by atoms with E-state index >= 15 is 0 Å². The zero-order valence-electron chi connectivity index (χ0n) is 14.2. The van der Waals surface area contributed by atoms with E-state index in [4.69, 9.17) is 0 Å². The zero-order chi connectivity index (χ0) is 17.3. The van der Waals surface area contributed by atoms with Gasteiger partial charge >= 0.3 is 0 Å². The molecule has 0 radical (unpaired) electrons. The molecule has 3 rings (SSSR count). The molecule has 0 amide bonds. The van der Waals surface area contributed by atoms with Crippen LogP contribution >= 0.6 is 0 Å². The first-order valence-corrected chi connectivity index (χ1v) is 9.49. The average molecular weight is 342 g/mol. The first-order chi connectivity index (χ1) is 11.4. The van der Waals surface area contributed by atoms with Crippen LogP contribution in [0.2, 0.25) is 0 Å². The highest BCUT2D eigenvalue weighted by molar-refractivity contribution is 7.89. The molecule has 0 aliphatic carbocycles. The molecule has 0 spiro atoms. The molecule has 0 fully saturated rings. The van der Waals surface area contributed by atoms with Gasteiger partial charge in [0.1, 0.15) is 0 Å². The second-order valence-corrected chi connectivity index (χ2v) is 8.02. The van der Waals surface area contributed by atoms with Gasteiger partial charge in [-0.25, -0.2) is 13.1 Å². The number of aryl methyl sites for hydroxylation is 3. The minimum Gasteiger partial charge on any atom is -0.361 e. The van der Waals surface area contributed by atoms with Crippen LogP contribution in [0.1, 0.15) is 22.3 Å². The molecule has 2 aromatic carbocycles. The van der Waals surface area contributed by atoms with Crippen LogP contribution in [0.4, 0.5) is 0 Å². The number of H-pyrrole nitrogens is 1. The van der Waals surface area contributed by atoms with Crippen molar-refractivity contribution in [3.05, 3.63) is 64.8 Å². The quantitative estimate of drug-likeness (QED) is 0.744. The summed E-state index contributed by atoms with van der Waals surface area (Å²) in [6.45, 7) is 6.14. The summed E-state index contributed by atoms with van der Waals surface area (Å²) in [5, 5.41) is 1.15. The largest absolute Gasteiger partial charge is 0.361 e. The van der Waals surface area contributed by atoms with Crippen molar-refractivity contribution in [2.45, 2.75) is 32.1 Å². The van der Waals surface area contributed by atoms with Crippen molar-refractivity contribution in [3.8, 4) is 0 Å². The fourth-order valence-electron chi connectivity index (χ4n) is 2.89. The average Bonchev–Trinajstić information content (AvgIpc) is 2.92. The van der Waals surface area contributed by atoms with E-state index in [1.54, 1.807) is 6.07 Å². The van der Waals surface area contributed by atoms with Gasteiger partial charge in [-0.2, -0.15) is 0 Å². The number of aromatic nitrogens is 1. The van der Waals surface area contributed by atoms with Crippen LogP contribution in [0.15, 0.2) is 47.5 Å². The van der Waals surface area contributed by atoms with Crippen LogP contribution < -0.4 is 4.72 Å². The Kier molecular flexibility index (Phi) is 4.47. The first-order valence-electron chi connectivity index (χ1n) is 8.00. The third kappa shape index (κ3) is 3.37. The SMILES string of the molecule is Cc1ccc(C)c(S(=O)(=O)NCCc2c[nH]c3ccc(C)cc23)c1. The molecular formula is C19H22N2O2S. The van der Waals surface area contributed by atoms with Crippen LogP contribution in [0.3, 0.4) is 0 Å². The molecule has 1 heterocycles. The molecule has 0 bridgehead atoms. The Balaban J connectivity index is 1.75. The molecule has 0 saturated carbocycles. The summed E-state index contributed by atoms with van der Waals surface area (Å²) in [5.74, 6) is 0. The maximum atomic E-state index is 12.5. The molecule has 0 aliphatic heterocycles. The highest BCUT2D eigenvalue weighted by atomic mass is 32.2. The normalized spacial score (nSPS) is 12.0. The highest BCUT2D eigenvalue weighted by Crippen LogP contribution is 2.20. The lowest BCUT2D eigenvalue weighted by Gasteiger charge is -2.10. The highest BCUT2D eigenvalue weighted by Gasteiger charge is 2.16. The zero-order valence-corrected chi connectivity index (χ0v) is 15.0. The van der Waals surface area contributed by atoms with Gasteiger partial charge in [-0.15, -0.1) is 0 Å². The van der Waals surface area contributed by atoms with Crippen LogP contribution in [0, 0.1) is 20.8 Å². The molecule has 126 valence electrons. The van der Waals surface area contributed by atoms with Gasteiger partial charge in [0.25, 0.3) is 0 Å². The van der Waals surface area contributed by atoms with Gasteiger partial charge in [-0.1, -0.05) is 23.8 Å². The summed E-state index contributed by atoms with van der Waals surface area (Å²) < 4.78 is 27.8. The third-order valence-electron chi connectivity index (χ3n) is 4.24. The predicted octanol–water partition coefficient (Wildman–Crippen LogP) is 3.61. The summed E-state index contributed by atoms with van der Waals surface area (Å²) in [5.41, 5.74) is 5.09. The van der Waals surface area contributed by atoms with Gasteiger partial charge in [0.2, 0.25) is 10.0 Å². The molecule has 0 atom stereocenters. The van der Waals surface area contributed by atoms with Crippen molar-refractivity contribution in [2.24, 2.45) is 0 Å². The Morgan fingerprint density at radius 2 is 1.71 bits per heavy atom. The van der Waals surface area contributed by atoms with Gasteiger partial charge in [-0.3, -0.25) is 0 Å². The Morgan fingerprint density at radius 3 is 2.50 bits per heavy atom. The van der Waals surface area contributed by atoms with E-state index in [0.717, 1.165) is 27.6 Å². The van der Waals surface area contributed by atoms with Crippen molar-refractivity contribution in [3.63, 3.8) is 0 Å². The predicted molar refractivity (Wildman–Crippen MR) is 97.8 cm³/mol. The minimum atomic E-state index is -3.49. The number of sulfonamides is 1. The smallest absolute Gasteiger partial charge is 0.240 e. The lowest BCUT2D eigenvalue weighted by Crippen LogP contribution is -2.26. The van der Waals surface area contributed by atoms with Crippen molar-refractivity contribution in [1.82, 2.24) is 9.71 Å². The van der Waals surface area contributed by atoms with Crippen molar-refractivity contribution >= 4 is 20.9 Å².